The molecule has 9 N–H and O–H groups in total. The number of anilines is 3. The molecule has 43 heavy (non-hydrogen) atoms. The number of nitrogens with one attached hydrogen (secondary N) is 1. The average Bonchev–Trinajstić information content (AvgIpc) is 3.67. The standard InChI is InChI=1S/C12H17FN6O3.C11H13ClFN5O3/c1-12(13)7(21)5(3-20)22-10(12)19-4-16-6-8(15-2)17-11(14)18-9(6)19;1-11(13)6(20)4(2-19)21-9(11)18-3-15-5-7(12)16-10(14)17-8(5)18/h4-5,7,10,20-21H,3H2,1-2H3,(H3,14,15,17,18);3-4,6,9,19-20H,2H2,1H3,(H2,14,16,17)/t5-,7-,10-,12-;4-,6-,9-,11-/m11/s1. The zero-order valence-corrected chi connectivity index (χ0v) is 23.8. The number of nitrogen functional groups attached to an aromatic ring is 2. The third kappa shape index (κ3) is 5.05. The molecule has 4 aromatic heterocycles. The van der Waals surface area contributed by atoms with Gasteiger partial charge in [0.05, 0.1) is 25.9 Å². The number of nitrogens with two attached hydrogens (primary N) is 2. The van der Waals surface area contributed by atoms with Crippen LogP contribution in [0.5, 0.6) is 0 Å². The summed E-state index contributed by atoms with van der Waals surface area (Å²) in [5, 5.41) is 41.0. The van der Waals surface area contributed by atoms with E-state index in [1.54, 1.807) is 7.05 Å². The molecule has 2 aliphatic rings. The number of nitrogens with zero attached hydrogens (tertiary/aromatic N) is 8. The highest BCUT2D eigenvalue weighted by Crippen LogP contribution is 2.43. The number of aliphatic hydroxyl groups excluding tert-OH is 4. The summed E-state index contributed by atoms with van der Waals surface area (Å²) < 4.78 is 43.0. The maximum absolute atomic E-state index is 14.9. The van der Waals surface area contributed by atoms with Crippen LogP contribution in [0.1, 0.15) is 26.3 Å². The number of hydrogen-bond acceptors (Lipinski definition) is 15. The number of aliphatic hydroxyl groups is 4. The summed E-state index contributed by atoms with van der Waals surface area (Å²) in [5.41, 5.74) is 8.01. The molecule has 2 fully saturated rings. The van der Waals surface area contributed by atoms with Crippen LogP contribution in [0.25, 0.3) is 22.3 Å². The normalized spacial score (nSPS) is 32.3. The molecule has 0 amide bonds. The van der Waals surface area contributed by atoms with Crippen molar-refractivity contribution in [2.75, 3.05) is 37.0 Å². The lowest BCUT2D eigenvalue weighted by molar-refractivity contribution is -0.0566. The van der Waals surface area contributed by atoms with Crippen molar-refractivity contribution < 1.29 is 38.7 Å². The summed E-state index contributed by atoms with van der Waals surface area (Å²) in [7, 11) is 1.65. The monoisotopic (exact) mass is 629 g/mol. The Balaban J connectivity index is 0.000000171. The van der Waals surface area contributed by atoms with Crippen LogP contribution >= 0.6 is 11.6 Å². The van der Waals surface area contributed by atoms with E-state index in [1.807, 2.05) is 0 Å². The van der Waals surface area contributed by atoms with E-state index >= 15 is 0 Å². The lowest BCUT2D eigenvalue weighted by Gasteiger charge is -2.24. The van der Waals surface area contributed by atoms with Gasteiger partial charge in [0.25, 0.3) is 0 Å². The van der Waals surface area contributed by atoms with Crippen LogP contribution in [0.15, 0.2) is 12.7 Å². The SMILES string of the molecule is CNc1nc(N)nc2c1ncn2[C@@H]1O[C@H](CO)[C@@H](O)[C@@]1(C)F.C[C@@]1(F)[C@H](O)[C@@H](CO)O[C@H]1n1cnc2c(Cl)nc(N)nc21. The van der Waals surface area contributed by atoms with Gasteiger partial charge in [-0.05, 0) is 13.8 Å². The summed E-state index contributed by atoms with van der Waals surface area (Å²) in [6.45, 7) is 1.37. The molecule has 0 bridgehead atoms. The van der Waals surface area contributed by atoms with Gasteiger partial charge < -0.3 is 46.7 Å². The Bertz CT molecular complexity index is 1640. The first-order valence-corrected chi connectivity index (χ1v) is 13.2. The van der Waals surface area contributed by atoms with Crippen LogP contribution in [0, 0.1) is 0 Å². The molecule has 8 atom stereocenters. The van der Waals surface area contributed by atoms with Gasteiger partial charge >= 0.3 is 0 Å². The number of halogens is 3. The van der Waals surface area contributed by atoms with Crippen LogP contribution in [-0.4, -0.2) is 115 Å². The van der Waals surface area contributed by atoms with Crippen LogP contribution in [-0.2, 0) is 9.47 Å². The molecule has 6 rings (SSSR count). The van der Waals surface area contributed by atoms with Crippen molar-refractivity contribution in [3.8, 4) is 0 Å². The molecule has 0 aromatic carbocycles. The largest absolute Gasteiger partial charge is 0.394 e. The summed E-state index contributed by atoms with van der Waals surface area (Å²) >= 11 is 5.91. The molecule has 2 aliphatic heterocycles. The zero-order chi connectivity index (χ0) is 31.4. The number of fused-ring (bicyclic) bond motifs is 2. The molecule has 0 unspecified atom stereocenters. The van der Waals surface area contributed by atoms with Crippen molar-refractivity contribution in [3.05, 3.63) is 17.8 Å². The van der Waals surface area contributed by atoms with E-state index < -0.39 is 61.4 Å². The van der Waals surface area contributed by atoms with E-state index in [0.29, 0.717) is 11.3 Å². The number of rotatable bonds is 5. The Morgan fingerprint density at radius 1 is 0.860 bits per heavy atom. The lowest BCUT2D eigenvalue weighted by Crippen LogP contribution is -2.40. The van der Waals surface area contributed by atoms with Gasteiger partial charge in [0, 0.05) is 7.05 Å². The fraction of sp³-hybridized carbons (Fsp3) is 0.565. The first-order valence-electron chi connectivity index (χ1n) is 12.9. The second kappa shape index (κ2) is 11.2. The van der Waals surface area contributed by atoms with E-state index in [9.17, 15) is 24.1 Å². The minimum absolute atomic E-state index is 0.00332. The number of imidazole rings is 2. The van der Waals surface area contributed by atoms with Gasteiger partial charge in [0.1, 0.15) is 29.9 Å². The summed E-state index contributed by atoms with van der Waals surface area (Å²) in [4.78, 5) is 23.9. The summed E-state index contributed by atoms with van der Waals surface area (Å²) in [6.07, 6.45) is -4.82. The molecule has 0 spiro atoms. The minimum Gasteiger partial charge on any atom is -0.394 e. The van der Waals surface area contributed by atoms with Crippen molar-refractivity contribution in [1.82, 2.24) is 39.0 Å². The molecular weight excluding hydrogens is 600 g/mol. The van der Waals surface area contributed by atoms with Crippen LogP contribution in [0.3, 0.4) is 0 Å². The molecule has 0 aliphatic carbocycles. The van der Waals surface area contributed by atoms with E-state index in [0.717, 1.165) is 0 Å². The maximum Gasteiger partial charge on any atom is 0.224 e. The number of aromatic nitrogens is 8. The van der Waals surface area contributed by atoms with Crippen LogP contribution < -0.4 is 16.8 Å². The highest BCUT2D eigenvalue weighted by molar-refractivity contribution is 6.33. The van der Waals surface area contributed by atoms with Crippen LogP contribution in [0.4, 0.5) is 26.5 Å². The molecule has 234 valence electrons. The fourth-order valence-electron chi connectivity index (χ4n) is 5.07. The van der Waals surface area contributed by atoms with Gasteiger partial charge in [-0.15, -0.1) is 0 Å². The molecule has 4 aromatic rings. The zero-order valence-electron chi connectivity index (χ0n) is 23.0. The molecule has 0 radical (unpaired) electrons. The highest BCUT2D eigenvalue weighted by atomic mass is 35.5. The van der Waals surface area contributed by atoms with E-state index in [2.05, 4.69) is 35.2 Å². The Labute approximate surface area is 246 Å². The molecule has 2 saturated heterocycles. The van der Waals surface area contributed by atoms with Crippen molar-refractivity contribution in [2.45, 2.75) is 62.1 Å². The maximum atomic E-state index is 14.9. The van der Waals surface area contributed by atoms with Gasteiger partial charge in [-0.3, -0.25) is 9.13 Å². The third-order valence-electron chi connectivity index (χ3n) is 7.37. The first kappa shape index (κ1) is 30.9. The Hall–Kier alpha value is -3.59. The summed E-state index contributed by atoms with van der Waals surface area (Å²) in [5.74, 6) is 0.308. The number of ether oxygens (including phenoxy) is 2. The van der Waals surface area contributed by atoms with E-state index in [1.165, 1.54) is 35.6 Å². The van der Waals surface area contributed by atoms with Crippen LogP contribution in [0.2, 0.25) is 5.15 Å². The number of alkyl halides is 2. The van der Waals surface area contributed by atoms with Crippen molar-refractivity contribution in [3.63, 3.8) is 0 Å². The quantitative estimate of drug-likeness (QED) is 0.137. The predicted octanol–water partition coefficient (Wildman–Crippen LogP) is -0.530. The second-order valence-electron chi connectivity index (χ2n) is 10.3. The predicted molar refractivity (Wildman–Crippen MR) is 147 cm³/mol. The highest BCUT2D eigenvalue weighted by Gasteiger charge is 2.56. The average molecular weight is 630 g/mol. The van der Waals surface area contributed by atoms with Gasteiger partial charge in [-0.1, -0.05) is 11.6 Å². The molecule has 6 heterocycles. The molecule has 17 nitrogen and oxygen atoms in total. The Morgan fingerprint density at radius 2 is 1.30 bits per heavy atom. The van der Waals surface area contributed by atoms with Gasteiger partial charge in [0.15, 0.2) is 51.6 Å². The Kier molecular flexibility index (Phi) is 8.01. The van der Waals surface area contributed by atoms with Gasteiger partial charge in [-0.25, -0.2) is 18.7 Å². The molecule has 20 heteroatoms. The smallest absolute Gasteiger partial charge is 0.224 e. The summed E-state index contributed by atoms with van der Waals surface area (Å²) in [6, 6.07) is 0. The van der Waals surface area contributed by atoms with Gasteiger partial charge in [0.2, 0.25) is 11.9 Å². The van der Waals surface area contributed by atoms with Crippen molar-refractivity contribution in [1.29, 1.82) is 0 Å². The molecular formula is C23H30ClF2N11O6. The molecule has 0 saturated carbocycles. The lowest BCUT2D eigenvalue weighted by atomic mass is 9.98. The first-order chi connectivity index (χ1) is 20.3. The minimum atomic E-state index is -2.15. The van der Waals surface area contributed by atoms with Crippen molar-refractivity contribution in [2.24, 2.45) is 0 Å². The van der Waals surface area contributed by atoms with Crippen molar-refractivity contribution >= 4 is 51.6 Å². The number of hydrogen-bond donors (Lipinski definition) is 7. The topological polar surface area (TPSA) is 251 Å². The fourth-order valence-corrected chi connectivity index (χ4v) is 5.29. The third-order valence-corrected chi connectivity index (χ3v) is 7.63. The second-order valence-corrected chi connectivity index (χ2v) is 10.7. The van der Waals surface area contributed by atoms with Gasteiger partial charge in [-0.2, -0.15) is 19.9 Å². The van der Waals surface area contributed by atoms with E-state index in [4.69, 9.17) is 37.6 Å². The Morgan fingerprint density at radius 3 is 1.74 bits per heavy atom. The van der Waals surface area contributed by atoms with E-state index in [-0.39, 0.29) is 33.9 Å².